The molecule has 124 valence electrons. The molecule has 0 saturated carbocycles. The fourth-order valence-electron chi connectivity index (χ4n) is 3.21. The van der Waals surface area contributed by atoms with Crippen molar-refractivity contribution in [2.75, 3.05) is 6.54 Å². The van der Waals surface area contributed by atoms with Crippen LogP contribution in [-0.4, -0.2) is 36.7 Å². The monoisotopic (exact) mass is 327 g/mol. The zero-order chi connectivity index (χ0) is 16.7. The number of pyridine rings is 1. The zero-order valence-electron chi connectivity index (χ0n) is 13.3. The lowest BCUT2D eigenvalue weighted by Gasteiger charge is -2.22. The Balaban J connectivity index is 1.58. The van der Waals surface area contributed by atoms with Gasteiger partial charge in [-0.25, -0.2) is 9.48 Å². The quantitative estimate of drug-likeness (QED) is 0.720. The highest BCUT2D eigenvalue weighted by Gasteiger charge is 2.32. The number of aromatic nitrogens is 4. The van der Waals surface area contributed by atoms with Crippen LogP contribution in [0.5, 0.6) is 0 Å². The predicted octanol–water partition coefficient (Wildman–Crippen LogP) is 1.16. The summed E-state index contributed by atoms with van der Waals surface area (Å²) in [5.41, 5.74) is 0.980. The van der Waals surface area contributed by atoms with Crippen LogP contribution in [0.3, 0.4) is 0 Å². The second kappa shape index (κ2) is 5.63. The maximum absolute atomic E-state index is 12.7. The van der Waals surface area contributed by atoms with Gasteiger partial charge in [-0.3, -0.25) is 9.20 Å². The van der Waals surface area contributed by atoms with Crippen molar-refractivity contribution in [2.24, 2.45) is 0 Å². The summed E-state index contributed by atoms with van der Waals surface area (Å²) in [7, 11) is 0. The summed E-state index contributed by atoms with van der Waals surface area (Å²) in [5, 5.41) is 8.24. The van der Waals surface area contributed by atoms with Crippen LogP contribution in [0.4, 0.5) is 0 Å². The molecule has 1 amide bonds. The number of fused-ring (bicyclic) bond motifs is 1. The summed E-state index contributed by atoms with van der Waals surface area (Å²) in [5.74, 6) is 0.588. The highest BCUT2D eigenvalue weighted by Crippen LogP contribution is 2.31. The van der Waals surface area contributed by atoms with Crippen molar-refractivity contribution in [2.45, 2.75) is 32.4 Å². The molecular weight excluding hydrogens is 310 g/mol. The number of carbonyl (C=O) groups excluding carboxylic acids is 1. The first kappa shape index (κ1) is 14.7. The van der Waals surface area contributed by atoms with Crippen molar-refractivity contribution in [1.82, 2.24) is 24.2 Å². The molecule has 8 heteroatoms. The molecule has 0 aliphatic carbocycles. The molecule has 3 aromatic rings. The highest BCUT2D eigenvalue weighted by atomic mass is 16.5. The largest absolute Gasteiger partial charge is 0.361 e. The summed E-state index contributed by atoms with van der Waals surface area (Å²) in [6, 6.07) is 7.05. The maximum Gasteiger partial charge on any atom is 0.350 e. The first-order valence-corrected chi connectivity index (χ1v) is 7.90. The van der Waals surface area contributed by atoms with Gasteiger partial charge >= 0.3 is 5.69 Å². The average molecular weight is 327 g/mol. The molecule has 3 aromatic heterocycles. The van der Waals surface area contributed by atoms with E-state index in [4.69, 9.17) is 4.52 Å². The van der Waals surface area contributed by atoms with Gasteiger partial charge in [0.15, 0.2) is 5.65 Å². The van der Waals surface area contributed by atoms with Crippen molar-refractivity contribution in [3.05, 3.63) is 52.4 Å². The molecule has 0 bridgehead atoms. The minimum absolute atomic E-state index is 0.0755. The van der Waals surface area contributed by atoms with Gasteiger partial charge in [0.1, 0.15) is 18.0 Å². The predicted molar refractivity (Wildman–Crippen MR) is 84.4 cm³/mol. The number of hydrogen-bond donors (Lipinski definition) is 0. The minimum Gasteiger partial charge on any atom is -0.361 e. The van der Waals surface area contributed by atoms with E-state index in [1.54, 1.807) is 29.3 Å². The third-order valence-electron chi connectivity index (χ3n) is 4.33. The SMILES string of the molecule is Cc1cc(C2CCCN2C(=O)Cn2nc3ccccn3c2=O)no1. The molecule has 1 atom stereocenters. The van der Waals surface area contributed by atoms with E-state index >= 15 is 0 Å². The van der Waals surface area contributed by atoms with E-state index in [-0.39, 0.29) is 24.2 Å². The van der Waals surface area contributed by atoms with E-state index in [0.29, 0.717) is 12.2 Å². The van der Waals surface area contributed by atoms with Crippen LogP contribution in [0.15, 0.2) is 39.8 Å². The standard InChI is InChI=1S/C16H17N5O3/c1-11-9-12(18-24-11)13-5-4-8-19(13)15(22)10-21-16(23)20-7-3-2-6-14(20)17-21/h2-3,6-7,9,13H,4-5,8,10H2,1H3. The third kappa shape index (κ3) is 2.40. The summed E-state index contributed by atoms with van der Waals surface area (Å²) >= 11 is 0. The van der Waals surface area contributed by atoms with Crippen LogP contribution in [0.1, 0.15) is 30.3 Å². The van der Waals surface area contributed by atoms with E-state index in [1.807, 2.05) is 13.0 Å². The Morgan fingerprint density at radius 3 is 3.04 bits per heavy atom. The van der Waals surface area contributed by atoms with Gasteiger partial charge in [0.05, 0.1) is 6.04 Å². The molecule has 4 rings (SSSR count). The Hall–Kier alpha value is -2.90. The Morgan fingerprint density at radius 1 is 1.42 bits per heavy atom. The van der Waals surface area contributed by atoms with Gasteiger partial charge in [0, 0.05) is 18.8 Å². The highest BCUT2D eigenvalue weighted by molar-refractivity contribution is 5.76. The fourth-order valence-corrected chi connectivity index (χ4v) is 3.21. The molecule has 1 fully saturated rings. The molecule has 0 spiro atoms. The van der Waals surface area contributed by atoms with Gasteiger partial charge in [0.25, 0.3) is 0 Å². The summed E-state index contributed by atoms with van der Waals surface area (Å²) in [6.07, 6.45) is 3.39. The number of aryl methyl sites for hydroxylation is 1. The number of amides is 1. The summed E-state index contributed by atoms with van der Waals surface area (Å²) in [6.45, 7) is 2.40. The number of likely N-dealkylation sites (tertiary alicyclic amines) is 1. The molecule has 1 aliphatic heterocycles. The van der Waals surface area contributed by atoms with E-state index in [9.17, 15) is 9.59 Å². The Morgan fingerprint density at radius 2 is 2.29 bits per heavy atom. The van der Waals surface area contributed by atoms with Crippen molar-refractivity contribution >= 4 is 11.6 Å². The third-order valence-corrected chi connectivity index (χ3v) is 4.33. The first-order chi connectivity index (χ1) is 11.6. The lowest BCUT2D eigenvalue weighted by Crippen LogP contribution is -2.36. The van der Waals surface area contributed by atoms with Crippen LogP contribution in [0.25, 0.3) is 5.65 Å². The molecule has 0 aromatic carbocycles. The second-order valence-electron chi connectivity index (χ2n) is 5.98. The van der Waals surface area contributed by atoms with Gasteiger partial charge in [-0.05, 0) is 31.9 Å². The maximum atomic E-state index is 12.7. The molecule has 24 heavy (non-hydrogen) atoms. The van der Waals surface area contributed by atoms with E-state index in [0.717, 1.165) is 24.3 Å². The Labute approximate surface area is 137 Å². The first-order valence-electron chi connectivity index (χ1n) is 7.90. The molecule has 1 saturated heterocycles. The van der Waals surface area contributed by atoms with Gasteiger partial charge in [-0.15, -0.1) is 5.10 Å². The van der Waals surface area contributed by atoms with E-state index in [1.165, 1.54) is 9.08 Å². The fraction of sp³-hybridized carbons (Fsp3) is 0.375. The average Bonchev–Trinajstić information content (AvgIpc) is 3.28. The van der Waals surface area contributed by atoms with Gasteiger partial charge < -0.3 is 9.42 Å². The molecular formula is C16H17N5O3. The van der Waals surface area contributed by atoms with Crippen molar-refractivity contribution in [1.29, 1.82) is 0 Å². The van der Waals surface area contributed by atoms with Crippen LogP contribution in [-0.2, 0) is 11.3 Å². The number of rotatable bonds is 3. The summed E-state index contributed by atoms with van der Waals surface area (Å²) in [4.78, 5) is 26.7. The Bertz CT molecular complexity index is 954. The van der Waals surface area contributed by atoms with Gasteiger partial charge in [0.2, 0.25) is 5.91 Å². The van der Waals surface area contributed by atoms with Crippen LogP contribution >= 0.6 is 0 Å². The molecule has 4 heterocycles. The summed E-state index contributed by atoms with van der Waals surface area (Å²) < 4.78 is 7.76. The number of carbonyl (C=O) groups is 1. The van der Waals surface area contributed by atoms with E-state index < -0.39 is 0 Å². The van der Waals surface area contributed by atoms with Gasteiger partial charge in [-0.1, -0.05) is 11.2 Å². The van der Waals surface area contributed by atoms with E-state index in [2.05, 4.69) is 10.3 Å². The molecule has 0 radical (unpaired) electrons. The molecule has 8 nitrogen and oxygen atoms in total. The van der Waals surface area contributed by atoms with Gasteiger partial charge in [-0.2, -0.15) is 0 Å². The topological polar surface area (TPSA) is 85.6 Å². The van der Waals surface area contributed by atoms with Crippen molar-refractivity contribution in [3.8, 4) is 0 Å². The smallest absolute Gasteiger partial charge is 0.350 e. The van der Waals surface area contributed by atoms with Crippen LogP contribution in [0.2, 0.25) is 0 Å². The lowest BCUT2D eigenvalue weighted by molar-refractivity contribution is -0.133. The van der Waals surface area contributed by atoms with Crippen LogP contribution in [0, 0.1) is 6.92 Å². The molecule has 1 aliphatic rings. The minimum atomic E-state index is -0.313. The molecule has 1 unspecified atom stereocenters. The lowest BCUT2D eigenvalue weighted by atomic mass is 10.1. The second-order valence-corrected chi connectivity index (χ2v) is 5.98. The zero-order valence-corrected chi connectivity index (χ0v) is 13.3. The normalized spacial score (nSPS) is 17.7. The number of nitrogens with zero attached hydrogens (tertiary/aromatic N) is 5. The van der Waals surface area contributed by atoms with Crippen molar-refractivity contribution in [3.63, 3.8) is 0 Å². The van der Waals surface area contributed by atoms with Crippen LogP contribution < -0.4 is 5.69 Å². The molecule has 0 N–H and O–H groups in total. The van der Waals surface area contributed by atoms with Crippen molar-refractivity contribution < 1.29 is 9.32 Å². The number of hydrogen-bond acceptors (Lipinski definition) is 5. The Kier molecular flexibility index (Phi) is 3.44.